The van der Waals surface area contributed by atoms with E-state index in [1.165, 1.54) is 12.1 Å². The first-order valence-corrected chi connectivity index (χ1v) is 3.72. The van der Waals surface area contributed by atoms with Gasteiger partial charge in [0.05, 0.1) is 10.6 Å². The molecular weight excluding hydrogens is 183 g/mol. The standard InChI is InChI=1S/C8H4ClFO2/c9-5-2-1-4-6(11)3-12-8(4)7(5)10/h1-2H,3H2. The van der Waals surface area contributed by atoms with Crippen LogP contribution in [0, 0.1) is 5.82 Å². The van der Waals surface area contributed by atoms with Crippen LogP contribution >= 0.6 is 11.6 Å². The predicted molar refractivity (Wildman–Crippen MR) is 41.2 cm³/mol. The van der Waals surface area contributed by atoms with Crippen LogP contribution in [-0.4, -0.2) is 12.4 Å². The van der Waals surface area contributed by atoms with Gasteiger partial charge in [0.1, 0.15) is 0 Å². The average Bonchev–Trinajstić information content (AvgIpc) is 2.41. The van der Waals surface area contributed by atoms with Crippen LogP contribution in [0.1, 0.15) is 10.4 Å². The van der Waals surface area contributed by atoms with Gasteiger partial charge in [-0.3, -0.25) is 4.79 Å². The lowest BCUT2D eigenvalue weighted by Gasteiger charge is -1.99. The van der Waals surface area contributed by atoms with Crippen LogP contribution in [-0.2, 0) is 0 Å². The Balaban J connectivity index is 2.68. The Morgan fingerprint density at radius 2 is 2.25 bits per heavy atom. The number of carbonyl (C=O) groups excluding carboxylic acids is 1. The lowest BCUT2D eigenvalue weighted by atomic mass is 10.1. The second kappa shape index (κ2) is 2.45. The monoisotopic (exact) mass is 186 g/mol. The van der Waals surface area contributed by atoms with E-state index in [1.807, 2.05) is 0 Å². The smallest absolute Gasteiger partial charge is 0.204 e. The maximum absolute atomic E-state index is 13.1. The minimum atomic E-state index is -0.653. The minimum Gasteiger partial charge on any atom is -0.482 e. The summed E-state index contributed by atoms with van der Waals surface area (Å²) in [6.45, 7) is -0.0907. The van der Waals surface area contributed by atoms with Crippen LogP contribution in [0.4, 0.5) is 4.39 Å². The Morgan fingerprint density at radius 1 is 1.50 bits per heavy atom. The third-order valence-electron chi connectivity index (χ3n) is 1.70. The number of ether oxygens (including phenoxy) is 1. The van der Waals surface area contributed by atoms with Crippen molar-refractivity contribution < 1.29 is 13.9 Å². The molecule has 0 spiro atoms. The molecule has 0 atom stereocenters. The topological polar surface area (TPSA) is 26.3 Å². The van der Waals surface area contributed by atoms with Crippen molar-refractivity contribution in [1.82, 2.24) is 0 Å². The molecular formula is C8H4ClFO2. The Bertz CT molecular complexity index is 362. The zero-order valence-corrected chi connectivity index (χ0v) is 6.69. The summed E-state index contributed by atoms with van der Waals surface area (Å²) in [6.07, 6.45) is 0. The maximum Gasteiger partial charge on any atom is 0.204 e. The van der Waals surface area contributed by atoms with Crippen molar-refractivity contribution in [1.29, 1.82) is 0 Å². The molecule has 1 aromatic rings. The highest BCUT2D eigenvalue weighted by Crippen LogP contribution is 2.32. The summed E-state index contributed by atoms with van der Waals surface area (Å²) in [5.41, 5.74) is 0.275. The highest BCUT2D eigenvalue weighted by atomic mass is 35.5. The van der Waals surface area contributed by atoms with Crippen molar-refractivity contribution in [3.63, 3.8) is 0 Å². The Kier molecular flexibility index (Phi) is 1.54. The highest BCUT2D eigenvalue weighted by molar-refractivity contribution is 6.31. The number of Topliss-reactive ketones (excluding diaryl/α,β-unsaturated/α-hetero) is 1. The molecule has 12 heavy (non-hydrogen) atoms. The first kappa shape index (κ1) is 7.55. The van der Waals surface area contributed by atoms with Crippen molar-refractivity contribution in [3.05, 3.63) is 28.5 Å². The van der Waals surface area contributed by atoms with Crippen molar-refractivity contribution in [2.75, 3.05) is 6.61 Å². The van der Waals surface area contributed by atoms with Crippen LogP contribution in [0.2, 0.25) is 5.02 Å². The molecule has 0 aromatic heterocycles. The molecule has 0 N–H and O–H groups in total. The van der Waals surface area contributed by atoms with Gasteiger partial charge in [-0.15, -0.1) is 0 Å². The number of ketones is 1. The quantitative estimate of drug-likeness (QED) is 0.620. The van der Waals surface area contributed by atoms with E-state index in [0.29, 0.717) is 0 Å². The summed E-state index contributed by atoms with van der Waals surface area (Å²) in [6, 6.07) is 2.82. The van der Waals surface area contributed by atoms with Gasteiger partial charge in [0.25, 0.3) is 0 Å². The second-order valence-corrected chi connectivity index (χ2v) is 2.86. The van der Waals surface area contributed by atoms with Gasteiger partial charge in [-0.25, -0.2) is 4.39 Å². The molecule has 4 heteroatoms. The molecule has 62 valence electrons. The summed E-state index contributed by atoms with van der Waals surface area (Å²) >= 11 is 5.47. The van der Waals surface area contributed by atoms with Crippen LogP contribution in [0.25, 0.3) is 0 Å². The molecule has 1 heterocycles. The van der Waals surface area contributed by atoms with Gasteiger partial charge in [0.2, 0.25) is 5.78 Å². The van der Waals surface area contributed by atoms with Crippen molar-refractivity contribution in [2.24, 2.45) is 0 Å². The number of halogens is 2. The van der Waals surface area contributed by atoms with Gasteiger partial charge in [0, 0.05) is 0 Å². The summed E-state index contributed by atoms with van der Waals surface area (Å²) < 4.78 is 17.9. The van der Waals surface area contributed by atoms with Gasteiger partial charge in [-0.2, -0.15) is 0 Å². The Labute approximate surface area is 72.9 Å². The zero-order chi connectivity index (χ0) is 8.72. The highest BCUT2D eigenvalue weighted by Gasteiger charge is 2.25. The summed E-state index contributed by atoms with van der Waals surface area (Å²) in [5.74, 6) is -0.881. The molecule has 0 radical (unpaired) electrons. The van der Waals surface area contributed by atoms with E-state index in [9.17, 15) is 9.18 Å². The third kappa shape index (κ3) is 0.898. The molecule has 2 nitrogen and oxygen atoms in total. The SMILES string of the molecule is O=C1COc2c1ccc(Cl)c2F. The fourth-order valence-electron chi connectivity index (χ4n) is 1.11. The van der Waals surface area contributed by atoms with Gasteiger partial charge in [0.15, 0.2) is 18.2 Å². The van der Waals surface area contributed by atoms with Gasteiger partial charge in [-0.05, 0) is 12.1 Å². The van der Waals surface area contributed by atoms with Crippen LogP contribution in [0.3, 0.4) is 0 Å². The van der Waals surface area contributed by atoms with E-state index >= 15 is 0 Å². The van der Waals surface area contributed by atoms with Crippen LogP contribution < -0.4 is 4.74 Å². The molecule has 0 unspecified atom stereocenters. The van der Waals surface area contributed by atoms with Crippen molar-refractivity contribution in [3.8, 4) is 5.75 Å². The molecule has 0 fully saturated rings. The van der Waals surface area contributed by atoms with Crippen molar-refractivity contribution in [2.45, 2.75) is 0 Å². The first-order valence-electron chi connectivity index (χ1n) is 3.34. The van der Waals surface area contributed by atoms with Crippen LogP contribution in [0.5, 0.6) is 5.75 Å². The first-order chi connectivity index (χ1) is 5.70. The lowest BCUT2D eigenvalue weighted by Crippen LogP contribution is -1.98. The summed E-state index contributed by atoms with van der Waals surface area (Å²) in [5, 5.41) is -0.0246. The number of fused-ring (bicyclic) bond motifs is 1. The van der Waals surface area contributed by atoms with Crippen molar-refractivity contribution >= 4 is 17.4 Å². The number of benzene rings is 1. The Morgan fingerprint density at radius 3 is 3.00 bits per heavy atom. The van der Waals surface area contributed by atoms with E-state index in [0.717, 1.165) is 0 Å². The lowest BCUT2D eigenvalue weighted by molar-refractivity contribution is 0.0960. The number of rotatable bonds is 0. The molecule has 1 aliphatic heterocycles. The van der Waals surface area contributed by atoms with E-state index in [2.05, 4.69) is 0 Å². The molecule has 0 amide bonds. The Hall–Kier alpha value is -1.09. The molecule has 0 saturated heterocycles. The summed E-state index contributed by atoms with van der Waals surface area (Å²) in [4.78, 5) is 11.0. The number of hydrogen-bond acceptors (Lipinski definition) is 2. The van der Waals surface area contributed by atoms with E-state index in [4.69, 9.17) is 16.3 Å². The second-order valence-electron chi connectivity index (χ2n) is 2.45. The molecule has 0 aliphatic carbocycles. The third-order valence-corrected chi connectivity index (χ3v) is 1.99. The fourth-order valence-corrected chi connectivity index (χ4v) is 1.26. The zero-order valence-electron chi connectivity index (χ0n) is 5.93. The van der Waals surface area contributed by atoms with Crippen LogP contribution in [0.15, 0.2) is 12.1 Å². The minimum absolute atomic E-state index is 0.0208. The largest absolute Gasteiger partial charge is 0.482 e. The molecule has 1 aromatic carbocycles. The van der Waals surface area contributed by atoms with E-state index in [-0.39, 0.29) is 28.7 Å². The molecule has 2 rings (SSSR count). The van der Waals surface area contributed by atoms with E-state index < -0.39 is 5.82 Å². The molecule has 0 bridgehead atoms. The van der Waals surface area contributed by atoms with Gasteiger partial charge < -0.3 is 4.74 Å². The number of carbonyl (C=O) groups is 1. The summed E-state index contributed by atoms with van der Waals surface area (Å²) in [7, 11) is 0. The fraction of sp³-hybridized carbons (Fsp3) is 0.125. The predicted octanol–water partition coefficient (Wildman–Crippen LogP) is 2.05. The van der Waals surface area contributed by atoms with Gasteiger partial charge >= 0.3 is 0 Å². The molecule has 1 aliphatic rings. The normalized spacial score (nSPS) is 14.3. The van der Waals surface area contributed by atoms with E-state index in [1.54, 1.807) is 0 Å². The number of hydrogen-bond donors (Lipinski definition) is 0. The average molecular weight is 187 g/mol. The molecule has 0 saturated carbocycles. The maximum atomic E-state index is 13.1. The van der Waals surface area contributed by atoms with Gasteiger partial charge in [-0.1, -0.05) is 11.6 Å².